The summed E-state index contributed by atoms with van der Waals surface area (Å²) in [7, 11) is -3.37. The molecule has 3 fully saturated rings. The molecule has 11 heteroatoms. The van der Waals surface area contributed by atoms with Crippen molar-refractivity contribution in [3.05, 3.63) is 30.3 Å². The van der Waals surface area contributed by atoms with Gasteiger partial charge in [0.05, 0.1) is 18.0 Å². The fourth-order valence-electron chi connectivity index (χ4n) is 6.77. The number of rotatable bonds is 12. The van der Waals surface area contributed by atoms with E-state index >= 15 is 0 Å². The summed E-state index contributed by atoms with van der Waals surface area (Å²) in [4.78, 5) is 31.6. The van der Waals surface area contributed by atoms with Crippen molar-refractivity contribution in [2.24, 2.45) is 5.92 Å². The van der Waals surface area contributed by atoms with Crippen LogP contribution in [0.3, 0.4) is 0 Å². The first-order chi connectivity index (χ1) is 19.2. The summed E-state index contributed by atoms with van der Waals surface area (Å²) >= 11 is 0. The van der Waals surface area contributed by atoms with Gasteiger partial charge in [0.25, 0.3) is 0 Å². The molecule has 0 bridgehead atoms. The Morgan fingerprint density at radius 3 is 2.29 bits per heavy atom. The Morgan fingerprint density at radius 1 is 1.02 bits per heavy atom. The molecule has 2 saturated heterocycles. The van der Waals surface area contributed by atoms with E-state index in [1.165, 1.54) is 17.0 Å². The standard InChI is InChI=1S/C30H48N4O5S.ClH/c1-3-4-20-33-28(36)26(27(35)24-13-7-5-8-14-24)31-29(37)30(33)17-22-32(23-18-30)19-11-12-21-34(40(2,38)39)25-15-9-6-10-16-25;/h6,9-10,15-16,24,26-27,35H,3-5,7-8,11-14,17-23H2,1-2H3,(H,31,37);1H/t26-,27-;/m1./s1. The van der Waals surface area contributed by atoms with E-state index in [0.29, 0.717) is 44.7 Å². The van der Waals surface area contributed by atoms with E-state index in [-0.39, 0.29) is 30.1 Å². The van der Waals surface area contributed by atoms with Crippen molar-refractivity contribution in [1.29, 1.82) is 0 Å². The molecule has 0 unspecified atom stereocenters. The number of amides is 2. The Kier molecular flexibility index (Phi) is 12.3. The Hall–Kier alpha value is -1.88. The van der Waals surface area contributed by atoms with Crippen LogP contribution in [0, 0.1) is 5.92 Å². The van der Waals surface area contributed by atoms with Crippen LogP contribution in [0.4, 0.5) is 5.69 Å². The maximum absolute atomic E-state index is 13.8. The summed E-state index contributed by atoms with van der Waals surface area (Å²) in [5.41, 5.74) is -0.177. The smallest absolute Gasteiger partial charge is 0.248 e. The molecule has 1 aliphatic carbocycles. The van der Waals surface area contributed by atoms with Crippen molar-refractivity contribution in [3.63, 3.8) is 0 Å². The van der Waals surface area contributed by atoms with Gasteiger partial charge in [-0.3, -0.25) is 13.9 Å². The highest BCUT2D eigenvalue weighted by Gasteiger charge is 2.55. The first-order valence-electron chi connectivity index (χ1n) is 15.2. The van der Waals surface area contributed by atoms with Crippen molar-refractivity contribution < 1.29 is 23.1 Å². The Labute approximate surface area is 252 Å². The molecule has 2 heterocycles. The molecule has 2 aliphatic heterocycles. The summed E-state index contributed by atoms with van der Waals surface area (Å²) in [6.45, 7) is 5.27. The third-order valence-corrected chi connectivity index (χ3v) is 10.4. The molecular formula is C30H49ClN4O5S. The average Bonchev–Trinajstić information content (AvgIpc) is 2.95. The van der Waals surface area contributed by atoms with Crippen molar-refractivity contribution in [2.75, 3.05) is 43.3 Å². The number of piperazine rings is 1. The zero-order valence-corrected chi connectivity index (χ0v) is 26.3. The normalized spacial score (nSPS) is 22.7. The van der Waals surface area contributed by atoms with Gasteiger partial charge in [-0.2, -0.15) is 0 Å². The van der Waals surface area contributed by atoms with E-state index < -0.39 is 27.7 Å². The summed E-state index contributed by atoms with van der Waals surface area (Å²) < 4.78 is 26.2. The van der Waals surface area contributed by atoms with E-state index in [4.69, 9.17) is 0 Å². The Balaban J connectivity index is 0.00000462. The van der Waals surface area contributed by atoms with E-state index in [2.05, 4.69) is 17.1 Å². The zero-order valence-electron chi connectivity index (χ0n) is 24.7. The molecule has 2 atom stereocenters. The number of aliphatic hydroxyl groups excluding tert-OH is 1. The van der Waals surface area contributed by atoms with Gasteiger partial charge in [0.2, 0.25) is 21.8 Å². The second-order valence-corrected chi connectivity index (χ2v) is 13.8. The maximum atomic E-state index is 13.8. The zero-order chi connectivity index (χ0) is 28.8. The number of anilines is 1. The van der Waals surface area contributed by atoms with Gasteiger partial charge < -0.3 is 20.2 Å². The molecule has 2 N–H and O–H groups in total. The number of para-hydroxylation sites is 1. The van der Waals surface area contributed by atoms with Crippen LogP contribution in [-0.4, -0.2) is 91.8 Å². The van der Waals surface area contributed by atoms with Crippen LogP contribution in [0.15, 0.2) is 30.3 Å². The molecule has 41 heavy (non-hydrogen) atoms. The Morgan fingerprint density at radius 2 is 1.68 bits per heavy atom. The highest BCUT2D eigenvalue weighted by Crippen LogP contribution is 2.36. The minimum atomic E-state index is -3.37. The lowest BCUT2D eigenvalue weighted by Crippen LogP contribution is -2.75. The lowest BCUT2D eigenvalue weighted by Gasteiger charge is -2.52. The van der Waals surface area contributed by atoms with Gasteiger partial charge in [-0.25, -0.2) is 8.42 Å². The highest BCUT2D eigenvalue weighted by molar-refractivity contribution is 7.92. The predicted octanol–water partition coefficient (Wildman–Crippen LogP) is 3.56. The number of piperidine rings is 1. The van der Waals surface area contributed by atoms with E-state index in [9.17, 15) is 23.1 Å². The highest BCUT2D eigenvalue weighted by atomic mass is 35.5. The van der Waals surface area contributed by atoms with E-state index in [1.807, 2.05) is 35.2 Å². The molecule has 1 aromatic rings. The van der Waals surface area contributed by atoms with Crippen molar-refractivity contribution >= 4 is 39.9 Å². The molecule has 1 aromatic carbocycles. The van der Waals surface area contributed by atoms with Crippen LogP contribution in [0.1, 0.15) is 77.6 Å². The monoisotopic (exact) mass is 612 g/mol. The predicted molar refractivity (Wildman–Crippen MR) is 165 cm³/mol. The first-order valence-corrected chi connectivity index (χ1v) is 17.1. The van der Waals surface area contributed by atoms with Crippen molar-refractivity contribution in [1.82, 2.24) is 15.1 Å². The van der Waals surface area contributed by atoms with Crippen LogP contribution >= 0.6 is 12.4 Å². The maximum Gasteiger partial charge on any atom is 0.248 e. The lowest BCUT2D eigenvalue weighted by atomic mass is 9.78. The van der Waals surface area contributed by atoms with Gasteiger partial charge in [-0.1, -0.05) is 50.8 Å². The summed E-state index contributed by atoms with van der Waals surface area (Å²) in [6.07, 6.45) is 9.98. The summed E-state index contributed by atoms with van der Waals surface area (Å²) in [5.74, 6) is -0.178. The van der Waals surface area contributed by atoms with E-state index in [1.54, 1.807) is 0 Å². The van der Waals surface area contributed by atoms with Gasteiger partial charge in [-0.05, 0) is 69.5 Å². The SMILES string of the molecule is CCCCN1C(=O)[C@@H]([C@H](O)C2CCCCC2)NC(=O)C12CCN(CCCCN(c1ccccc1)S(C)(=O)=O)CC2.Cl. The molecule has 0 aromatic heterocycles. The summed E-state index contributed by atoms with van der Waals surface area (Å²) in [6, 6.07) is 8.32. The molecule has 1 spiro atoms. The summed E-state index contributed by atoms with van der Waals surface area (Å²) in [5, 5.41) is 14.1. The third kappa shape index (κ3) is 7.94. The minimum absolute atomic E-state index is 0. The number of halogens is 1. The number of unbranched alkanes of at least 4 members (excludes halogenated alkanes) is 2. The van der Waals surface area contributed by atoms with Crippen LogP contribution in [0.25, 0.3) is 0 Å². The van der Waals surface area contributed by atoms with E-state index in [0.717, 1.165) is 57.9 Å². The van der Waals surface area contributed by atoms with Gasteiger partial charge in [0.1, 0.15) is 11.6 Å². The number of aliphatic hydroxyl groups is 1. The number of sulfonamides is 1. The molecule has 3 aliphatic rings. The van der Waals surface area contributed by atoms with Crippen LogP contribution in [0.2, 0.25) is 0 Å². The average molecular weight is 613 g/mol. The first kappa shape index (κ1) is 33.6. The molecule has 0 radical (unpaired) electrons. The number of benzene rings is 1. The van der Waals surface area contributed by atoms with Gasteiger partial charge in [-0.15, -0.1) is 12.4 Å². The molecule has 4 rings (SSSR count). The molecule has 1 saturated carbocycles. The van der Waals surface area contributed by atoms with Gasteiger partial charge >= 0.3 is 0 Å². The van der Waals surface area contributed by atoms with Gasteiger partial charge in [0.15, 0.2) is 0 Å². The van der Waals surface area contributed by atoms with Crippen LogP contribution in [0.5, 0.6) is 0 Å². The second kappa shape index (κ2) is 15.0. The third-order valence-electron chi connectivity index (χ3n) is 9.18. The van der Waals surface area contributed by atoms with Crippen LogP contribution in [-0.2, 0) is 19.6 Å². The molecule has 232 valence electrons. The molecule has 9 nitrogen and oxygen atoms in total. The lowest BCUT2D eigenvalue weighted by molar-refractivity contribution is -0.165. The fourth-order valence-corrected chi connectivity index (χ4v) is 7.74. The molecular weight excluding hydrogens is 564 g/mol. The fraction of sp³-hybridized carbons (Fsp3) is 0.733. The number of likely N-dealkylation sites (tertiary alicyclic amines) is 1. The number of nitrogens with zero attached hydrogens (tertiary/aromatic N) is 3. The van der Waals surface area contributed by atoms with Crippen LogP contribution < -0.4 is 9.62 Å². The Bertz CT molecular complexity index is 1090. The molecule has 2 amide bonds. The topological polar surface area (TPSA) is 110 Å². The quantitative estimate of drug-likeness (QED) is 0.349. The number of hydrogen-bond acceptors (Lipinski definition) is 6. The number of carbonyl (C=O) groups is 2. The van der Waals surface area contributed by atoms with Gasteiger partial charge in [0, 0.05) is 26.2 Å². The number of nitrogens with one attached hydrogen (secondary N) is 1. The minimum Gasteiger partial charge on any atom is -0.390 e. The second-order valence-electron chi connectivity index (χ2n) is 11.9. The number of hydrogen-bond donors (Lipinski definition) is 2. The number of carbonyl (C=O) groups excluding carboxylic acids is 2. The largest absolute Gasteiger partial charge is 0.390 e. The van der Waals surface area contributed by atoms with Crippen molar-refractivity contribution in [2.45, 2.75) is 95.2 Å². The van der Waals surface area contributed by atoms with Crippen molar-refractivity contribution in [3.8, 4) is 0 Å².